The van der Waals surface area contributed by atoms with Gasteiger partial charge in [-0.1, -0.05) is 25.4 Å². The smallest absolute Gasteiger partial charge is 0.259 e. The SMILES string of the molecule is CC(O)CNC(=O)c1c[n+]([O-])ccc1Nc1nc(-c2cc(Cl)ccc2F)ncc1C(C)C. The molecule has 1 unspecified atom stereocenters. The molecule has 0 bridgehead atoms. The van der Waals surface area contributed by atoms with Crippen LogP contribution in [0.2, 0.25) is 5.02 Å². The number of aromatic nitrogens is 3. The average Bonchev–Trinajstić information content (AvgIpc) is 2.74. The molecular formula is C22H23ClFN5O3. The molecule has 1 aromatic carbocycles. The first-order valence-electron chi connectivity index (χ1n) is 9.94. The van der Waals surface area contributed by atoms with Crippen molar-refractivity contribution < 1.29 is 19.0 Å². The van der Waals surface area contributed by atoms with Gasteiger partial charge in [0.1, 0.15) is 17.2 Å². The lowest BCUT2D eigenvalue weighted by Crippen LogP contribution is -2.34. The third-order valence-corrected chi connectivity index (χ3v) is 4.83. The lowest BCUT2D eigenvalue weighted by Gasteiger charge is -2.17. The minimum absolute atomic E-state index is 0.0106. The highest BCUT2D eigenvalue weighted by Gasteiger charge is 2.20. The lowest BCUT2D eigenvalue weighted by atomic mass is 10.1. The Morgan fingerprint density at radius 3 is 2.75 bits per heavy atom. The number of halogens is 2. The van der Waals surface area contributed by atoms with E-state index in [9.17, 15) is 19.5 Å². The molecule has 2 aromatic heterocycles. The molecule has 8 nitrogen and oxygen atoms in total. The molecular weight excluding hydrogens is 437 g/mol. The zero-order chi connectivity index (χ0) is 23.4. The topological polar surface area (TPSA) is 114 Å². The van der Waals surface area contributed by atoms with Crippen molar-refractivity contribution in [1.29, 1.82) is 0 Å². The molecule has 0 spiro atoms. The number of nitrogens with zero attached hydrogens (tertiary/aromatic N) is 3. The van der Waals surface area contributed by atoms with E-state index in [-0.39, 0.29) is 29.4 Å². The Morgan fingerprint density at radius 2 is 2.06 bits per heavy atom. The summed E-state index contributed by atoms with van der Waals surface area (Å²) in [6.45, 7) is 5.44. The van der Waals surface area contributed by atoms with Crippen LogP contribution in [0.4, 0.5) is 15.9 Å². The van der Waals surface area contributed by atoms with Crippen molar-refractivity contribution in [2.45, 2.75) is 32.8 Å². The van der Waals surface area contributed by atoms with Crippen molar-refractivity contribution in [1.82, 2.24) is 15.3 Å². The summed E-state index contributed by atoms with van der Waals surface area (Å²) in [6, 6.07) is 5.54. The third-order valence-electron chi connectivity index (χ3n) is 4.60. The number of hydrogen-bond donors (Lipinski definition) is 3. The Labute approximate surface area is 189 Å². The Morgan fingerprint density at radius 1 is 1.31 bits per heavy atom. The van der Waals surface area contributed by atoms with Gasteiger partial charge in [0.05, 0.1) is 17.4 Å². The Balaban J connectivity index is 2.04. The van der Waals surface area contributed by atoms with Crippen molar-refractivity contribution in [3.63, 3.8) is 0 Å². The van der Waals surface area contributed by atoms with Gasteiger partial charge in [-0.2, -0.15) is 4.73 Å². The molecule has 32 heavy (non-hydrogen) atoms. The number of carbonyl (C=O) groups excluding carboxylic acids is 1. The molecule has 2 heterocycles. The minimum Gasteiger partial charge on any atom is -0.619 e. The second-order valence-electron chi connectivity index (χ2n) is 7.59. The number of anilines is 2. The maximum Gasteiger partial charge on any atom is 0.259 e. The predicted molar refractivity (Wildman–Crippen MR) is 119 cm³/mol. The van der Waals surface area contributed by atoms with Crippen LogP contribution < -0.4 is 15.4 Å². The van der Waals surface area contributed by atoms with Gasteiger partial charge >= 0.3 is 0 Å². The second-order valence-corrected chi connectivity index (χ2v) is 8.03. The van der Waals surface area contributed by atoms with Crippen LogP contribution in [0.5, 0.6) is 0 Å². The molecule has 1 atom stereocenters. The standard InChI is InChI=1S/C22H23ClFN5O3/c1-12(2)16-10-25-20(15-8-14(23)4-5-18(15)24)28-21(16)27-19-6-7-29(32)11-17(19)22(31)26-9-13(3)30/h4-8,10-13,30H,9H2,1-3H3,(H,26,31)(H,25,27,28). The highest BCUT2D eigenvalue weighted by Crippen LogP contribution is 2.30. The van der Waals surface area contributed by atoms with Gasteiger partial charge in [0, 0.05) is 29.4 Å². The zero-order valence-corrected chi connectivity index (χ0v) is 18.5. The molecule has 3 aromatic rings. The summed E-state index contributed by atoms with van der Waals surface area (Å²) in [4.78, 5) is 21.4. The molecule has 10 heteroatoms. The maximum atomic E-state index is 14.4. The number of carbonyl (C=O) groups is 1. The monoisotopic (exact) mass is 459 g/mol. The fourth-order valence-corrected chi connectivity index (χ4v) is 3.12. The predicted octanol–water partition coefficient (Wildman–Crippen LogP) is 3.55. The van der Waals surface area contributed by atoms with E-state index in [1.54, 1.807) is 6.20 Å². The highest BCUT2D eigenvalue weighted by molar-refractivity contribution is 6.30. The zero-order valence-electron chi connectivity index (χ0n) is 17.8. The fraction of sp³-hybridized carbons (Fsp3) is 0.273. The molecule has 1 amide bonds. The summed E-state index contributed by atoms with van der Waals surface area (Å²) in [7, 11) is 0. The number of hydrogen-bond acceptors (Lipinski definition) is 6. The summed E-state index contributed by atoms with van der Waals surface area (Å²) in [5.74, 6) is -0.580. The Hall–Kier alpha value is -3.30. The number of aliphatic hydroxyl groups is 1. The molecule has 0 aliphatic rings. The molecule has 0 radical (unpaired) electrons. The van der Waals surface area contributed by atoms with Crippen molar-refractivity contribution >= 4 is 29.0 Å². The van der Waals surface area contributed by atoms with Crippen LogP contribution in [-0.2, 0) is 0 Å². The van der Waals surface area contributed by atoms with E-state index < -0.39 is 17.8 Å². The number of aliphatic hydroxyl groups excluding tert-OH is 1. The van der Waals surface area contributed by atoms with Crippen LogP contribution in [0.1, 0.15) is 42.6 Å². The Kier molecular flexibility index (Phi) is 7.22. The van der Waals surface area contributed by atoms with Gasteiger partial charge in [-0.15, -0.1) is 0 Å². The van der Waals surface area contributed by atoms with Crippen LogP contribution >= 0.6 is 11.6 Å². The molecule has 3 rings (SSSR count). The van der Waals surface area contributed by atoms with Crippen molar-refractivity contribution in [2.75, 3.05) is 11.9 Å². The van der Waals surface area contributed by atoms with E-state index in [0.717, 1.165) is 11.8 Å². The van der Waals surface area contributed by atoms with Crippen molar-refractivity contribution in [2.24, 2.45) is 0 Å². The van der Waals surface area contributed by atoms with E-state index in [1.165, 1.54) is 37.4 Å². The van der Waals surface area contributed by atoms with Crippen molar-refractivity contribution in [3.05, 3.63) is 70.0 Å². The first-order chi connectivity index (χ1) is 15.2. The number of benzene rings is 1. The first-order valence-corrected chi connectivity index (χ1v) is 10.3. The second kappa shape index (κ2) is 9.88. The highest BCUT2D eigenvalue weighted by atomic mass is 35.5. The van der Waals surface area contributed by atoms with Gasteiger partial charge in [-0.25, -0.2) is 14.4 Å². The van der Waals surface area contributed by atoms with Crippen LogP contribution in [0.25, 0.3) is 11.4 Å². The van der Waals surface area contributed by atoms with Gasteiger partial charge in [0.15, 0.2) is 18.2 Å². The first kappa shape index (κ1) is 23.4. The van der Waals surface area contributed by atoms with E-state index in [4.69, 9.17) is 11.6 Å². The molecule has 168 valence electrons. The Bertz CT molecular complexity index is 1140. The van der Waals surface area contributed by atoms with Gasteiger partial charge < -0.3 is 20.9 Å². The quantitative estimate of drug-likeness (QED) is 0.368. The van der Waals surface area contributed by atoms with E-state index in [1.807, 2.05) is 13.8 Å². The van der Waals surface area contributed by atoms with Crippen LogP contribution in [0.3, 0.4) is 0 Å². The van der Waals surface area contributed by atoms with Gasteiger partial charge in [-0.05, 0) is 31.0 Å². The van der Waals surface area contributed by atoms with Crippen molar-refractivity contribution in [3.8, 4) is 11.4 Å². The third kappa shape index (κ3) is 5.49. The number of pyridine rings is 1. The number of nitrogens with one attached hydrogen (secondary N) is 2. The normalized spacial score (nSPS) is 12.0. The molecule has 0 saturated carbocycles. The molecule has 0 fully saturated rings. The summed E-state index contributed by atoms with van der Waals surface area (Å²) in [5, 5.41) is 27.2. The summed E-state index contributed by atoms with van der Waals surface area (Å²) >= 11 is 6.01. The van der Waals surface area contributed by atoms with E-state index in [2.05, 4.69) is 20.6 Å². The molecule has 0 aliphatic carbocycles. The summed E-state index contributed by atoms with van der Waals surface area (Å²) in [6.07, 6.45) is 3.19. The summed E-state index contributed by atoms with van der Waals surface area (Å²) in [5.41, 5.74) is 1.24. The molecule has 0 saturated heterocycles. The van der Waals surface area contributed by atoms with Crippen LogP contribution in [-0.4, -0.2) is 33.6 Å². The van der Waals surface area contributed by atoms with Gasteiger partial charge in [-0.3, -0.25) is 4.79 Å². The van der Waals surface area contributed by atoms with Gasteiger partial charge in [0.25, 0.3) is 5.91 Å². The van der Waals surface area contributed by atoms with Gasteiger partial charge in [0.2, 0.25) is 0 Å². The maximum absolute atomic E-state index is 14.4. The van der Waals surface area contributed by atoms with E-state index >= 15 is 0 Å². The molecule has 3 N–H and O–H groups in total. The fourth-order valence-electron chi connectivity index (χ4n) is 2.94. The number of amides is 1. The molecule has 0 aliphatic heterocycles. The minimum atomic E-state index is -0.747. The number of rotatable bonds is 7. The average molecular weight is 460 g/mol. The summed E-state index contributed by atoms with van der Waals surface area (Å²) < 4.78 is 14.9. The van der Waals surface area contributed by atoms with Crippen LogP contribution in [0.15, 0.2) is 42.9 Å². The lowest BCUT2D eigenvalue weighted by molar-refractivity contribution is -0.605. The van der Waals surface area contributed by atoms with E-state index in [0.29, 0.717) is 21.3 Å². The van der Waals surface area contributed by atoms with Crippen LogP contribution in [0, 0.1) is 11.0 Å². The largest absolute Gasteiger partial charge is 0.619 e.